The van der Waals surface area contributed by atoms with Crippen molar-refractivity contribution < 1.29 is 0 Å². The predicted molar refractivity (Wildman–Crippen MR) is 51.8 cm³/mol. The SMILES string of the molecule is CCNc1nccnc1C1CNC1. The zero-order chi connectivity index (χ0) is 9.10. The van der Waals surface area contributed by atoms with E-state index in [4.69, 9.17) is 0 Å². The second-order valence-electron chi connectivity index (χ2n) is 3.18. The molecule has 0 unspecified atom stereocenters. The molecule has 2 N–H and O–H groups in total. The first-order chi connectivity index (χ1) is 6.42. The highest BCUT2D eigenvalue weighted by Crippen LogP contribution is 2.22. The summed E-state index contributed by atoms with van der Waals surface area (Å²) in [7, 11) is 0. The van der Waals surface area contributed by atoms with Gasteiger partial charge in [0.15, 0.2) is 0 Å². The molecule has 1 aromatic rings. The molecule has 1 aromatic heterocycles. The van der Waals surface area contributed by atoms with Gasteiger partial charge in [-0.05, 0) is 6.92 Å². The quantitative estimate of drug-likeness (QED) is 0.711. The van der Waals surface area contributed by atoms with Gasteiger partial charge >= 0.3 is 0 Å². The predicted octanol–water partition coefficient (Wildman–Crippen LogP) is 0.595. The van der Waals surface area contributed by atoms with Crippen molar-refractivity contribution in [1.29, 1.82) is 0 Å². The van der Waals surface area contributed by atoms with Crippen molar-refractivity contribution in [2.75, 3.05) is 25.0 Å². The van der Waals surface area contributed by atoms with E-state index in [1.807, 2.05) is 0 Å². The molecule has 0 aliphatic carbocycles. The van der Waals surface area contributed by atoms with Gasteiger partial charge in [0.2, 0.25) is 0 Å². The molecule has 0 amide bonds. The number of nitrogens with zero attached hydrogens (tertiary/aromatic N) is 2. The largest absolute Gasteiger partial charge is 0.369 e. The van der Waals surface area contributed by atoms with E-state index in [9.17, 15) is 0 Å². The van der Waals surface area contributed by atoms with Gasteiger partial charge in [-0.15, -0.1) is 0 Å². The Kier molecular flexibility index (Phi) is 2.40. The second kappa shape index (κ2) is 3.70. The number of hydrogen-bond acceptors (Lipinski definition) is 4. The maximum atomic E-state index is 4.35. The van der Waals surface area contributed by atoms with Crippen molar-refractivity contribution in [3.63, 3.8) is 0 Å². The summed E-state index contributed by atoms with van der Waals surface area (Å²) < 4.78 is 0. The zero-order valence-electron chi connectivity index (χ0n) is 7.75. The molecule has 0 atom stereocenters. The molecular formula is C9H14N4. The number of aromatic nitrogens is 2. The highest BCUT2D eigenvalue weighted by molar-refractivity contribution is 5.42. The van der Waals surface area contributed by atoms with Crippen LogP contribution in [0.4, 0.5) is 5.82 Å². The highest BCUT2D eigenvalue weighted by Gasteiger charge is 2.23. The van der Waals surface area contributed by atoms with Gasteiger partial charge in [-0.3, -0.25) is 4.98 Å². The van der Waals surface area contributed by atoms with Gasteiger partial charge in [0.25, 0.3) is 0 Å². The van der Waals surface area contributed by atoms with Crippen molar-refractivity contribution in [3.8, 4) is 0 Å². The molecular weight excluding hydrogens is 164 g/mol. The van der Waals surface area contributed by atoms with Crippen LogP contribution < -0.4 is 10.6 Å². The molecule has 0 saturated carbocycles. The zero-order valence-corrected chi connectivity index (χ0v) is 7.75. The second-order valence-corrected chi connectivity index (χ2v) is 3.18. The van der Waals surface area contributed by atoms with E-state index in [0.29, 0.717) is 5.92 Å². The molecule has 1 aliphatic rings. The van der Waals surface area contributed by atoms with Crippen LogP contribution in [0.1, 0.15) is 18.5 Å². The summed E-state index contributed by atoms with van der Waals surface area (Å²) >= 11 is 0. The maximum Gasteiger partial charge on any atom is 0.148 e. The lowest BCUT2D eigenvalue weighted by molar-refractivity contribution is 0.440. The summed E-state index contributed by atoms with van der Waals surface area (Å²) in [4.78, 5) is 8.62. The van der Waals surface area contributed by atoms with Crippen LogP contribution in [0.5, 0.6) is 0 Å². The lowest BCUT2D eigenvalue weighted by Crippen LogP contribution is -2.40. The topological polar surface area (TPSA) is 49.8 Å². The highest BCUT2D eigenvalue weighted by atomic mass is 15.0. The first-order valence-electron chi connectivity index (χ1n) is 4.67. The summed E-state index contributed by atoms with van der Waals surface area (Å²) in [5.41, 5.74) is 1.10. The molecule has 2 heterocycles. The molecule has 1 saturated heterocycles. The number of anilines is 1. The molecule has 0 radical (unpaired) electrons. The molecule has 70 valence electrons. The molecule has 4 heteroatoms. The first kappa shape index (κ1) is 8.44. The Bertz CT molecular complexity index is 283. The van der Waals surface area contributed by atoms with E-state index in [1.54, 1.807) is 12.4 Å². The standard InChI is InChI=1S/C9H14N4/c1-2-11-9-8(7-5-10-6-7)12-3-4-13-9/h3-4,7,10H,2,5-6H2,1H3,(H,11,13). The summed E-state index contributed by atoms with van der Waals surface area (Å²) in [6.07, 6.45) is 3.49. The van der Waals surface area contributed by atoms with E-state index in [2.05, 4.69) is 27.5 Å². The van der Waals surface area contributed by atoms with Crippen LogP contribution >= 0.6 is 0 Å². The third-order valence-corrected chi connectivity index (χ3v) is 2.24. The fourth-order valence-corrected chi connectivity index (χ4v) is 1.43. The van der Waals surface area contributed by atoms with Crippen LogP contribution in [-0.4, -0.2) is 29.6 Å². The van der Waals surface area contributed by atoms with Crippen LogP contribution in [0.25, 0.3) is 0 Å². The van der Waals surface area contributed by atoms with Crippen LogP contribution in [0.3, 0.4) is 0 Å². The summed E-state index contributed by atoms with van der Waals surface area (Å²) in [6.45, 7) is 5.01. The molecule has 0 bridgehead atoms. The molecule has 13 heavy (non-hydrogen) atoms. The average molecular weight is 178 g/mol. The minimum absolute atomic E-state index is 0.544. The smallest absolute Gasteiger partial charge is 0.148 e. The van der Waals surface area contributed by atoms with Crippen molar-refractivity contribution in [2.45, 2.75) is 12.8 Å². The third-order valence-electron chi connectivity index (χ3n) is 2.24. The van der Waals surface area contributed by atoms with Crippen LogP contribution in [0.15, 0.2) is 12.4 Å². The lowest BCUT2D eigenvalue weighted by Gasteiger charge is -2.27. The fraction of sp³-hybridized carbons (Fsp3) is 0.556. The normalized spacial score (nSPS) is 16.7. The van der Waals surface area contributed by atoms with Crippen molar-refractivity contribution >= 4 is 5.82 Å². The Labute approximate surface area is 77.8 Å². The van der Waals surface area contributed by atoms with Gasteiger partial charge in [0.1, 0.15) is 5.82 Å². The summed E-state index contributed by atoms with van der Waals surface area (Å²) in [5.74, 6) is 1.49. The summed E-state index contributed by atoms with van der Waals surface area (Å²) in [5, 5.41) is 6.46. The number of hydrogen-bond donors (Lipinski definition) is 2. The Balaban J connectivity index is 2.20. The van der Waals surface area contributed by atoms with Gasteiger partial charge in [-0.1, -0.05) is 0 Å². The maximum absolute atomic E-state index is 4.35. The van der Waals surface area contributed by atoms with Gasteiger partial charge in [-0.2, -0.15) is 0 Å². The monoisotopic (exact) mass is 178 g/mol. The number of rotatable bonds is 3. The van der Waals surface area contributed by atoms with E-state index in [0.717, 1.165) is 31.1 Å². The van der Waals surface area contributed by atoms with Crippen LogP contribution in [-0.2, 0) is 0 Å². The van der Waals surface area contributed by atoms with Crippen LogP contribution in [0, 0.1) is 0 Å². The molecule has 1 fully saturated rings. The Hall–Kier alpha value is -1.16. The fourth-order valence-electron chi connectivity index (χ4n) is 1.43. The molecule has 1 aliphatic heterocycles. The lowest BCUT2D eigenvalue weighted by atomic mass is 9.99. The summed E-state index contributed by atoms with van der Waals surface area (Å²) in [6, 6.07) is 0. The van der Waals surface area contributed by atoms with Gasteiger partial charge < -0.3 is 10.6 Å². The van der Waals surface area contributed by atoms with E-state index in [1.165, 1.54) is 0 Å². The third kappa shape index (κ3) is 1.62. The molecule has 0 aromatic carbocycles. The van der Waals surface area contributed by atoms with Gasteiger partial charge in [0, 0.05) is 37.9 Å². The molecule has 4 nitrogen and oxygen atoms in total. The van der Waals surface area contributed by atoms with E-state index < -0.39 is 0 Å². The van der Waals surface area contributed by atoms with Gasteiger partial charge in [-0.25, -0.2) is 4.98 Å². The van der Waals surface area contributed by atoms with Crippen LogP contribution in [0.2, 0.25) is 0 Å². The van der Waals surface area contributed by atoms with Crippen molar-refractivity contribution in [2.24, 2.45) is 0 Å². The van der Waals surface area contributed by atoms with E-state index >= 15 is 0 Å². The minimum atomic E-state index is 0.544. The average Bonchev–Trinajstić information content (AvgIpc) is 2.05. The minimum Gasteiger partial charge on any atom is -0.369 e. The van der Waals surface area contributed by atoms with E-state index in [-0.39, 0.29) is 0 Å². The van der Waals surface area contributed by atoms with Gasteiger partial charge in [0.05, 0.1) is 5.69 Å². The number of nitrogens with one attached hydrogen (secondary N) is 2. The Morgan fingerprint density at radius 1 is 1.46 bits per heavy atom. The molecule has 2 rings (SSSR count). The first-order valence-corrected chi connectivity index (χ1v) is 4.67. The molecule has 0 spiro atoms. The Morgan fingerprint density at radius 3 is 2.85 bits per heavy atom. The van der Waals surface area contributed by atoms with Crippen molar-refractivity contribution in [3.05, 3.63) is 18.1 Å². The Morgan fingerprint density at radius 2 is 2.23 bits per heavy atom. The van der Waals surface area contributed by atoms with Crippen molar-refractivity contribution in [1.82, 2.24) is 15.3 Å².